The lowest BCUT2D eigenvalue weighted by Crippen LogP contribution is -3.11. The molecule has 156 valence electrons. The third-order valence-electron chi connectivity index (χ3n) is 5.20. The molecule has 1 heterocycles. The van der Waals surface area contributed by atoms with Crippen LogP contribution in [-0.4, -0.2) is 32.7 Å². The van der Waals surface area contributed by atoms with Crippen LogP contribution in [-0.2, 0) is 13.1 Å². The van der Waals surface area contributed by atoms with Gasteiger partial charge in [0.1, 0.15) is 6.54 Å². The Morgan fingerprint density at radius 2 is 1.79 bits per heavy atom. The number of amides is 1. The maximum atomic E-state index is 12.6. The first kappa shape index (κ1) is 21.0. The van der Waals surface area contributed by atoms with Crippen LogP contribution in [0.25, 0.3) is 0 Å². The van der Waals surface area contributed by atoms with Gasteiger partial charge in [-0.05, 0) is 43.0 Å². The van der Waals surface area contributed by atoms with E-state index in [2.05, 4.69) is 16.1 Å². The van der Waals surface area contributed by atoms with Crippen LogP contribution in [0, 0.1) is 0 Å². The fraction of sp³-hybridized carbons (Fsp3) is 0.409. The number of methoxy groups -OCH3 is 1. The zero-order valence-electron chi connectivity index (χ0n) is 16.5. The Hall–Kier alpha value is -2.67. The number of nitrogens with one attached hydrogen (secondary N) is 2. The van der Waals surface area contributed by atoms with Crippen molar-refractivity contribution in [2.45, 2.75) is 39.0 Å². The molecule has 0 unspecified atom stereocenters. The smallest absolute Gasteiger partial charge is 0.387 e. The molecule has 1 fully saturated rings. The summed E-state index contributed by atoms with van der Waals surface area (Å²) in [4.78, 5) is 14.1. The Morgan fingerprint density at radius 1 is 1.07 bits per heavy atom. The molecule has 1 aliphatic heterocycles. The van der Waals surface area contributed by atoms with Crippen LogP contribution in [0.15, 0.2) is 42.5 Å². The molecule has 1 saturated heterocycles. The van der Waals surface area contributed by atoms with Crippen LogP contribution < -0.4 is 19.7 Å². The number of ether oxygens (including phenoxy) is 2. The molecule has 29 heavy (non-hydrogen) atoms. The summed E-state index contributed by atoms with van der Waals surface area (Å²) in [7, 11) is 1.34. The van der Waals surface area contributed by atoms with Gasteiger partial charge in [-0.15, -0.1) is 0 Å². The number of benzene rings is 2. The molecule has 0 atom stereocenters. The molecular weight excluding hydrogens is 378 g/mol. The second kappa shape index (κ2) is 10.2. The Balaban J connectivity index is 1.65. The van der Waals surface area contributed by atoms with Gasteiger partial charge in [0.15, 0.2) is 11.5 Å². The van der Waals surface area contributed by atoms with Gasteiger partial charge in [-0.2, -0.15) is 8.78 Å². The largest absolute Gasteiger partial charge is 0.493 e. The fourth-order valence-electron chi connectivity index (χ4n) is 3.68. The number of carbonyl (C=O) groups excluding carboxylic acids is 1. The number of carbonyl (C=O) groups is 1. The molecule has 2 aromatic carbocycles. The zero-order chi connectivity index (χ0) is 20.6. The van der Waals surface area contributed by atoms with Gasteiger partial charge < -0.3 is 19.7 Å². The second-order valence-electron chi connectivity index (χ2n) is 7.18. The van der Waals surface area contributed by atoms with Crippen LogP contribution >= 0.6 is 0 Å². The molecule has 0 aliphatic carbocycles. The van der Waals surface area contributed by atoms with Crippen molar-refractivity contribution in [3.8, 4) is 11.5 Å². The van der Waals surface area contributed by atoms with E-state index < -0.39 is 6.61 Å². The van der Waals surface area contributed by atoms with E-state index >= 15 is 0 Å². The van der Waals surface area contributed by atoms with E-state index in [-0.39, 0.29) is 17.4 Å². The summed E-state index contributed by atoms with van der Waals surface area (Å²) >= 11 is 0. The van der Waals surface area contributed by atoms with E-state index in [9.17, 15) is 13.6 Å². The number of piperidine rings is 1. The third-order valence-corrected chi connectivity index (χ3v) is 5.20. The maximum absolute atomic E-state index is 12.6. The Morgan fingerprint density at radius 3 is 2.48 bits per heavy atom. The minimum atomic E-state index is -2.96. The van der Waals surface area contributed by atoms with Crippen LogP contribution in [0.5, 0.6) is 11.5 Å². The van der Waals surface area contributed by atoms with E-state index in [0.29, 0.717) is 12.1 Å². The Labute approximate surface area is 169 Å². The maximum Gasteiger partial charge on any atom is 0.387 e. The van der Waals surface area contributed by atoms with Crippen molar-refractivity contribution < 1.29 is 27.9 Å². The summed E-state index contributed by atoms with van der Waals surface area (Å²) in [5.41, 5.74) is 2.65. The van der Waals surface area contributed by atoms with Gasteiger partial charge in [0.2, 0.25) is 0 Å². The van der Waals surface area contributed by atoms with Crippen molar-refractivity contribution in [1.82, 2.24) is 5.32 Å². The normalized spacial score (nSPS) is 14.6. The predicted octanol–water partition coefficient (Wildman–Crippen LogP) is 2.80. The highest BCUT2D eigenvalue weighted by atomic mass is 19.3. The number of quaternary nitrogens is 1. The fourth-order valence-corrected chi connectivity index (χ4v) is 3.68. The first-order valence-corrected chi connectivity index (χ1v) is 9.88. The van der Waals surface area contributed by atoms with Gasteiger partial charge in [-0.3, -0.25) is 4.79 Å². The lowest BCUT2D eigenvalue weighted by atomic mass is 10.0. The zero-order valence-corrected chi connectivity index (χ0v) is 16.5. The van der Waals surface area contributed by atoms with Crippen molar-refractivity contribution >= 4 is 5.91 Å². The van der Waals surface area contributed by atoms with Gasteiger partial charge >= 0.3 is 6.61 Å². The summed E-state index contributed by atoms with van der Waals surface area (Å²) < 4.78 is 34.4. The standard InChI is InChI=1S/C22H26F2N2O3/c1-28-20-13-16(9-10-19(20)29-22(23)24)21(27)25-14-17-7-3-4-8-18(17)15-26-11-5-2-6-12-26/h3-4,7-10,13,22H,2,5-6,11-12,14-15H2,1H3,(H,25,27)/p+1. The van der Waals surface area contributed by atoms with E-state index in [0.717, 1.165) is 12.1 Å². The Kier molecular flexibility index (Phi) is 7.41. The average molecular weight is 405 g/mol. The van der Waals surface area contributed by atoms with E-state index in [1.165, 1.54) is 63.2 Å². The first-order valence-electron chi connectivity index (χ1n) is 9.88. The molecule has 2 N–H and O–H groups in total. The molecule has 0 bridgehead atoms. The molecule has 0 spiro atoms. The molecule has 7 heteroatoms. The van der Waals surface area contributed by atoms with Gasteiger partial charge in [-0.25, -0.2) is 0 Å². The molecule has 2 aromatic rings. The van der Waals surface area contributed by atoms with Gasteiger partial charge in [-0.1, -0.05) is 24.3 Å². The molecule has 0 saturated carbocycles. The third kappa shape index (κ3) is 5.90. The molecule has 0 aromatic heterocycles. The topological polar surface area (TPSA) is 52.0 Å². The Bertz CT molecular complexity index is 823. The van der Waals surface area contributed by atoms with Crippen LogP contribution in [0.3, 0.4) is 0 Å². The first-order chi connectivity index (χ1) is 14.1. The quantitative estimate of drug-likeness (QED) is 0.710. The summed E-state index contributed by atoms with van der Waals surface area (Å²) in [5, 5.41) is 2.91. The van der Waals surface area contributed by atoms with Crippen LogP contribution in [0.4, 0.5) is 8.78 Å². The lowest BCUT2D eigenvalue weighted by molar-refractivity contribution is -0.918. The number of hydrogen-bond acceptors (Lipinski definition) is 3. The van der Waals surface area contributed by atoms with E-state index in [1.54, 1.807) is 4.90 Å². The molecule has 1 aliphatic rings. The number of hydrogen-bond donors (Lipinski definition) is 2. The van der Waals surface area contributed by atoms with Crippen molar-refractivity contribution in [3.05, 3.63) is 59.2 Å². The van der Waals surface area contributed by atoms with Crippen LogP contribution in [0.2, 0.25) is 0 Å². The highest BCUT2D eigenvalue weighted by Gasteiger charge is 2.17. The van der Waals surface area contributed by atoms with Crippen LogP contribution in [0.1, 0.15) is 40.7 Å². The van der Waals surface area contributed by atoms with Crippen molar-refractivity contribution in [1.29, 1.82) is 0 Å². The summed E-state index contributed by atoms with van der Waals surface area (Å²) in [5.74, 6) is -0.312. The van der Waals surface area contributed by atoms with E-state index in [4.69, 9.17) is 4.74 Å². The summed E-state index contributed by atoms with van der Waals surface area (Å²) in [6, 6.07) is 12.3. The van der Waals surface area contributed by atoms with Gasteiger partial charge in [0, 0.05) is 17.7 Å². The predicted molar refractivity (Wildman–Crippen MR) is 105 cm³/mol. The molecule has 0 radical (unpaired) electrons. The number of alkyl halides is 2. The summed E-state index contributed by atoms with van der Waals surface area (Å²) in [6.45, 7) is 0.780. The number of rotatable bonds is 8. The van der Waals surface area contributed by atoms with Crippen molar-refractivity contribution in [2.24, 2.45) is 0 Å². The lowest BCUT2D eigenvalue weighted by Gasteiger charge is -2.24. The highest BCUT2D eigenvalue weighted by Crippen LogP contribution is 2.29. The number of likely N-dealkylation sites (tertiary alicyclic amines) is 1. The minimum Gasteiger partial charge on any atom is -0.493 e. The number of halogens is 2. The van der Waals surface area contributed by atoms with Gasteiger partial charge in [0.25, 0.3) is 5.91 Å². The highest BCUT2D eigenvalue weighted by molar-refractivity contribution is 5.94. The molecular formula is C22H27F2N2O3+. The minimum absolute atomic E-state index is 0.0899. The second-order valence-corrected chi connectivity index (χ2v) is 7.18. The molecule has 1 amide bonds. The monoisotopic (exact) mass is 405 g/mol. The average Bonchev–Trinajstić information content (AvgIpc) is 2.73. The van der Waals surface area contributed by atoms with Crippen molar-refractivity contribution in [2.75, 3.05) is 20.2 Å². The van der Waals surface area contributed by atoms with Gasteiger partial charge in [0.05, 0.1) is 20.2 Å². The molecule has 3 rings (SSSR count). The van der Waals surface area contributed by atoms with Crippen molar-refractivity contribution in [3.63, 3.8) is 0 Å². The summed E-state index contributed by atoms with van der Waals surface area (Å²) in [6.07, 6.45) is 3.84. The SMILES string of the molecule is COc1cc(C(=O)NCc2ccccc2C[NH+]2CCCCC2)ccc1OC(F)F. The van der Waals surface area contributed by atoms with E-state index in [1.807, 2.05) is 18.2 Å². The molecule has 5 nitrogen and oxygen atoms in total.